The monoisotopic (exact) mass is 439 g/mol. The van der Waals surface area contributed by atoms with Crippen molar-refractivity contribution in [1.29, 1.82) is 0 Å². The van der Waals surface area contributed by atoms with Crippen LogP contribution >= 0.6 is 0 Å². The number of benzene rings is 3. The van der Waals surface area contributed by atoms with Gasteiger partial charge < -0.3 is 14.8 Å². The molecular weight excluding hydrogens is 414 g/mol. The Hall–Kier alpha value is -3.97. The Balaban J connectivity index is 1.65. The van der Waals surface area contributed by atoms with E-state index in [9.17, 15) is 0 Å². The smallest absolute Gasteiger partial charge is 0.238 e. The van der Waals surface area contributed by atoms with Gasteiger partial charge >= 0.3 is 0 Å². The fourth-order valence-corrected chi connectivity index (χ4v) is 3.88. The zero-order valence-electron chi connectivity index (χ0n) is 18.7. The number of nitrogens with one attached hydrogen (secondary N) is 1. The number of para-hydroxylation sites is 3. The summed E-state index contributed by atoms with van der Waals surface area (Å²) in [5.41, 5.74) is 3.78. The van der Waals surface area contributed by atoms with E-state index in [4.69, 9.17) is 24.4 Å². The predicted octanol–water partition coefficient (Wildman–Crippen LogP) is 4.91. The van der Waals surface area contributed by atoms with Crippen LogP contribution < -0.4 is 10.1 Å². The van der Waals surface area contributed by atoms with Gasteiger partial charge in [-0.2, -0.15) is 4.98 Å². The molecule has 7 heteroatoms. The van der Waals surface area contributed by atoms with Crippen molar-refractivity contribution in [3.05, 3.63) is 84.2 Å². The summed E-state index contributed by atoms with van der Waals surface area (Å²) in [4.78, 5) is 14.5. The predicted molar refractivity (Wildman–Crippen MR) is 130 cm³/mol. The van der Waals surface area contributed by atoms with E-state index in [0.29, 0.717) is 31.5 Å². The minimum absolute atomic E-state index is 0.439. The standard InChI is InChI=1S/C26H25N5O2/c1-18-28-21-12-6-7-13-22(21)31(18)26-29-24-20(11-8-14-23(24)33-16-15-32-2)25(30-26)27-17-19-9-4-3-5-10-19/h3-14H,15-17H2,1-2H3,(H,27,29,30). The second-order valence-corrected chi connectivity index (χ2v) is 7.69. The lowest BCUT2D eigenvalue weighted by Crippen LogP contribution is -2.10. The molecule has 0 aliphatic rings. The SMILES string of the molecule is COCCOc1cccc2c(NCc3ccccc3)nc(-n3c(C)nc4ccccc43)nc12. The number of fused-ring (bicyclic) bond motifs is 2. The molecule has 0 radical (unpaired) electrons. The van der Waals surface area contributed by atoms with Crippen molar-refractivity contribution in [2.24, 2.45) is 0 Å². The van der Waals surface area contributed by atoms with Crippen molar-refractivity contribution in [3.63, 3.8) is 0 Å². The first kappa shape index (κ1) is 20.9. The van der Waals surface area contributed by atoms with Crippen LogP contribution in [0, 0.1) is 6.92 Å². The molecule has 5 aromatic rings. The van der Waals surface area contributed by atoms with Crippen LogP contribution in [0.1, 0.15) is 11.4 Å². The van der Waals surface area contributed by atoms with Gasteiger partial charge in [-0.15, -0.1) is 0 Å². The number of imidazole rings is 1. The van der Waals surface area contributed by atoms with Crippen LogP contribution in [0.25, 0.3) is 27.9 Å². The molecule has 2 heterocycles. The third-order valence-electron chi connectivity index (χ3n) is 5.45. The lowest BCUT2D eigenvalue weighted by atomic mass is 10.2. The molecule has 5 rings (SSSR count). The summed E-state index contributed by atoms with van der Waals surface area (Å²) in [6.45, 7) is 3.55. The third kappa shape index (κ3) is 4.23. The van der Waals surface area contributed by atoms with E-state index < -0.39 is 0 Å². The van der Waals surface area contributed by atoms with Crippen molar-refractivity contribution >= 4 is 27.8 Å². The van der Waals surface area contributed by atoms with Gasteiger partial charge in [0.05, 0.1) is 17.6 Å². The Bertz CT molecular complexity index is 1400. The van der Waals surface area contributed by atoms with Gasteiger partial charge in [-0.25, -0.2) is 9.97 Å². The Labute approximate surface area is 192 Å². The number of rotatable bonds is 8. The zero-order valence-corrected chi connectivity index (χ0v) is 18.7. The molecule has 2 aromatic heterocycles. The maximum atomic E-state index is 6.00. The molecule has 0 unspecified atom stereocenters. The van der Waals surface area contributed by atoms with E-state index >= 15 is 0 Å². The van der Waals surface area contributed by atoms with E-state index in [2.05, 4.69) is 17.4 Å². The summed E-state index contributed by atoms with van der Waals surface area (Å²) >= 11 is 0. The summed E-state index contributed by atoms with van der Waals surface area (Å²) < 4.78 is 13.1. The van der Waals surface area contributed by atoms with Gasteiger partial charge in [0.2, 0.25) is 5.95 Å². The maximum Gasteiger partial charge on any atom is 0.238 e. The molecule has 33 heavy (non-hydrogen) atoms. The molecule has 0 saturated carbocycles. The van der Waals surface area contributed by atoms with Crippen molar-refractivity contribution < 1.29 is 9.47 Å². The molecule has 0 fully saturated rings. The van der Waals surface area contributed by atoms with E-state index in [1.165, 1.54) is 5.56 Å². The minimum atomic E-state index is 0.439. The molecule has 0 saturated heterocycles. The molecule has 7 nitrogen and oxygen atoms in total. The first-order valence-corrected chi connectivity index (χ1v) is 10.9. The minimum Gasteiger partial charge on any atom is -0.489 e. The average Bonchev–Trinajstić information content (AvgIpc) is 3.19. The highest BCUT2D eigenvalue weighted by Crippen LogP contribution is 2.31. The van der Waals surface area contributed by atoms with Crippen LogP contribution in [0.15, 0.2) is 72.8 Å². The summed E-state index contributed by atoms with van der Waals surface area (Å²) in [5, 5.41) is 4.40. The average molecular weight is 440 g/mol. The molecular formula is C26H25N5O2. The zero-order chi connectivity index (χ0) is 22.6. The highest BCUT2D eigenvalue weighted by molar-refractivity contribution is 5.94. The Kier molecular flexibility index (Phi) is 5.87. The Morgan fingerprint density at radius 3 is 2.52 bits per heavy atom. The lowest BCUT2D eigenvalue weighted by molar-refractivity contribution is 0.147. The van der Waals surface area contributed by atoms with E-state index in [-0.39, 0.29) is 0 Å². The van der Waals surface area contributed by atoms with Crippen LogP contribution in [0.4, 0.5) is 5.82 Å². The number of hydrogen-bond donors (Lipinski definition) is 1. The van der Waals surface area contributed by atoms with E-state index in [0.717, 1.165) is 33.6 Å². The number of methoxy groups -OCH3 is 1. The normalized spacial score (nSPS) is 11.2. The van der Waals surface area contributed by atoms with E-state index in [1.54, 1.807) is 7.11 Å². The number of hydrogen-bond acceptors (Lipinski definition) is 6. The first-order valence-electron chi connectivity index (χ1n) is 10.9. The largest absolute Gasteiger partial charge is 0.489 e. The van der Waals surface area contributed by atoms with Gasteiger partial charge in [-0.1, -0.05) is 48.5 Å². The fourth-order valence-electron chi connectivity index (χ4n) is 3.88. The van der Waals surface area contributed by atoms with Crippen molar-refractivity contribution in [1.82, 2.24) is 19.5 Å². The van der Waals surface area contributed by atoms with Gasteiger partial charge in [0.25, 0.3) is 0 Å². The van der Waals surface area contributed by atoms with Crippen LogP contribution in [0.3, 0.4) is 0 Å². The van der Waals surface area contributed by atoms with Gasteiger partial charge in [-0.05, 0) is 36.8 Å². The number of ether oxygens (including phenoxy) is 2. The molecule has 0 amide bonds. The lowest BCUT2D eigenvalue weighted by Gasteiger charge is -2.15. The van der Waals surface area contributed by atoms with Crippen molar-refractivity contribution in [2.75, 3.05) is 25.6 Å². The number of aryl methyl sites for hydroxylation is 1. The van der Waals surface area contributed by atoms with Gasteiger partial charge in [0, 0.05) is 19.0 Å². The van der Waals surface area contributed by atoms with Crippen LogP contribution in [-0.4, -0.2) is 39.8 Å². The number of aromatic nitrogens is 4. The van der Waals surface area contributed by atoms with Crippen molar-refractivity contribution in [3.8, 4) is 11.7 Å². The van der Waals surface area contributed by atoms with Gasteiger partial charge in [0.15, 0.2) is 0 Å². The molecule has 0 bridgehead atoms. The molecule has 0 aliphatic heterocycles. The molecule has 0 atom stereocenters. The maximum absolute atomic E-state index is 6.00. The topological polar surface area (TPSA) is 74.1 Å². The quantitative estimate of drug-likeness (QED) is 0.346. The number of nitrogens with zero attached hydrogens (tertiary/aromatic N) is 4. The summed E-state index contributed by atoms with van der Waals surface area (Å²) in [5.74, 6) is 2.81. The van der Waals surface area contributed by atoms with Crippen LogP contribution in [0.5, 0.6) is 5.75 Å². The molecule has 0 aliphatic carbocycles. The van der Waals surface area contributed by atoms with Gasteiger partial charge in [-0.3, -0.25) is 4.57 Å². The Morgan fingerprint density at radius 1 is 0.848 bits per heavy atom. The van der Waals surface area contributed by atoms with Crippen molar-refractivity contribution in [2.45, 2.75) is 13.5 Å². The molecule has 0 spiro atoms. The third-order valence-corrected chi connectivity index (χ3v) is 5.45. The second-order valence-electron chi connectivity index (χ2n) is 7.69. The summed E-state index contributed by atoms with van der Waals surface area (Å²) in [7, 11) is 1.66. The highest BCUT2D eigenvalue weighted by Gasteiger charge is 2.17. The van der Waals surface area contributed by atoms with Gasteiger partial charge in [0.1, 0.15) is 29.5 Å². The van der Waals surface area contributed by atoms with Crippen LogP contribution in [-0.2, 0) is 11.3 Å². The highest BCUT2D eigenvalue weighted by atomic mass is 16.5. The number of anilines is 1. The van der Waals surface area contributed by atoms with Crippen LogP contribution in [0.2, 0.25) is 0 Å². The molecule has 1 N–H and O–H groups in total. The molecule has 3 aromatic carbocycles. The summed E-state index contributed by atoms with van der Waals surface area (Å²) in [6, 6.07) is 24.1. The first-order chi connectivity index (χ1) is 16.2. The second kappa shape index (κ2) is 9.26. The molecule has 166 valence electrons. The van der Waals surface area contributed by atoms with E-state index in [1.807, 2.05) is 72.2 Å². The fraction of sp³-hybridized carbons (Fsp3) is 0.192. The summed E-state index contributed by atoms with van der Waals surface area (Å²) in [6.07, 6.45) is 0. The Morgan fingerprint density at radius 2 is 1.67 bits per heavy atom.